The summed E-state index contributed by atoms with van der Waals surface area (Å²) in [5, 5.41) is 14.3. The highest BCUT2D eigenvalue weighted by atomic mass is 19.1. The van der Waals surface area contributed by atoms with Gasteiger partial charge in [0.25, 0.3) is 5.91 Å². The van der Waals surface area contributed by atoms with Gasteiger partial charge in [-0.15, -0.1) is 0 Å². The Bertz CT molecular complexity index is 1310. The van der Waals surface area contributed by atoms with Gasteiger partial charge in [0.2, 0.25) is 17.5 Å². The molecule has 0 saturated carbocycles. The predicted molar refractivity (Wildman–Crippen MR) is 140 cm³/mol. The fourth-order valence-electron chi connectivity index (χ4n) is 4.59. The van der Waals surface area contributed by atoms with Crippen molar-refractivity contribution >= 4 is 23.2 Å². The van der Waals surface area contributed by atoms with Crippen LogP contribution in [0.4, 0.5) is 15.8 Å². The zero-order chi connectivity index (χ0) is 27.2. The summed E-state index contributed by atoms with van der Waals surface area (Å²) >= 11 is 0. The van der Waals surface area contributed by atoms with Gasteiger partial charge < -0.3 is 15.0 Å². The van der Waals surface area contributed by atoms with Gasteiger partial charge in [0.05, 0.1) is 12.0 Å². The molecule has 0 radical (unpaired) electrons. The van der Waals surface area contributed by atoms with Gasteiger partial charge in [-0.2, -0.15) is 0 Å². The zero-order valence-electron chi connectivity index (χ0n) is 21.2. The highest BCUT2D eigenvalue weighted by Crippen LogP contribution is 2.31. The van der Waals surface area contributed by atoms with Crippen LogP contribution in [0.3, 0.4) is 0 Å². The maximum absolute atomic E-state index is 13.1. The third-order valence-electron chi connectivity index (χ3n) is 6.79. The quantitative estimate of drug-likeness (QED) is 0.331. The zero-order valence-corrected chi connectivity index (χ0v) is 21.2. The van der Waals surface area contributed by atoms with Crippen molar-refractivity contribution < 1.29 is 23.6 Å². The first-order valence-electron chi connectivity index (χ1n) is 12.4. The van der Waals surface area contributed by atoms with Crippen molar-refractivity contribution in [2.75, 3.05) is 25.5 Å². The number of nitrogens with zero attached hydrogens (tertiary/aromatic N) is 3. The average molecular weight is 521 g/mol. The molecule has 1 saturated heterocycles. The second-order valence-electron chi connectivity index (χ2n) is 9.39. The number of piperidine rings is 1. The minimum Gasteiger partial charge on any atom is -0.481 e. The summed E-state index contributed by atoms with van der Waals surface area (Å²) < 4.78 is 18.1. The summed E-state index contributed by atoms with van der Waals surface area (Å²) in [5.41, 5.74) is 2.11. The number of benzene rings is 2. The number of likely N-dealkylation sites (tertiary alicyclic amines) is 1. The van der Waals surface area contributed by atoms with Crippen LogP contribution in [-0.2, 0) is 11.2 Å². The van der Waals surface area contributed by atoms with Gasteiger partial charge >= 0.3 is 5.69 Å². The molecule has 1 aliphatic rings. The topological polar surface area (TPSA) is 115 Å². The van der Waals surface area contributed by atoms with E-state index in [1.165, 1.54) is 31.4 Å². The summed E-state index contributed by atoms with van der Waals surface area (Å²) in [5.74, 6) is -0.825. The van der Waals surface area contributed by atoms with Crippen molar-refractivity contribution in [2.45, 2.75) is 32.1 Å². The number of halogens is 1. The SMILES string of the molecule is COc1ccc([N+](=O)[O-])c(C(=O)N2CCC(c3ccc(NC(=O)C(C)Cc4ccc(F)cc4)cc3)CC2)n1. The Morgan fingerprint density at radius 1 is 1.11 bits per heavy atom. The summed E-state index contributed by atoms with van der Waals surface area (Å²) in [7, 11) is 1.39. The predicted octanol–water partition coefficient (Wildman–Crippen LogP) is 4.97. The van der Waals surface area contributed by atoms with Crippen molar-refractivity contribution in [1.29, 1.82) is 0 Å². The number of rotatable bonds is 8. The van der Waals surface area contributed by atoms with E-state index < -0.39 is 10.8 Å². The van der Waals surface area contributed by atoms with Crippen LogP contribution < -0.4 is 10.1 Å². The molecule has 0 aliphatic carbocycles. The second kappa shape index (κ2) is 11.8. The van der Waals surface area contributed by atoms with E-state index >= 15 is 0 Å². The normalized spacial score (nSPS) is 14.6. The van der Waals surface area contributed by atoms with Gasteiger partial charge in [0.1, 0.15) is 5.82 Å². The fraction of sp³-hybridized carbons (Fsp3) is 0.321. The number of methoxy groups -OCH3 is 1. The summed E-state index contributed by atoms with van der Waals surface area (Å²) in [4.78, 5) is 42.0. The van der Waals surface area contributed by atoms with Crippen LogP contribution in [0.1, 0.15) is 47.3 Å². The molecule has 0 spiro atoms. The molecule has 3 aromatic rings. The van der Waals surface area contributed by atoms with Crippen LogP contribution in [0.25, 0.3) is 0 Å². The van der Waals surface area contributed by atoms with Crippen molar-refractivity contribution in [3.63, 3.8) is 0 Å². The molecule has 1 N–H and O–H groups in total. The lowest BCUT2D eigenvalue weighted by molar-refractivity contribution is -0.385. The van der Waals surface area contributed by atoms with Gasteiger partial charge in [-0.05, 0) is 60.6 Å². The lowest BCUT2D eigenvalue weighted by atomic mass is 9.89. The lowest BCUT2D eigenvalue weighted by Crippen LogP contribution is -2.38. The van der Waals surface area contributed by atoms with E-state index in [9.17, 15) is 24.1 Å². The molecule has 4 rings (SSSR count). The Labute approximate surface area is 219 Å². The van der Waals surface area contributed by atoms with Crippen molar-refractivity contribution in [3.8, 4) is 5.88 Å². The van der Waals surface area contributed by atoms with E-state index in [4.69, 9.17) is 4.74 Å². The first kappa shape index (κ1) is 26.7. The number of carbonyl (C=O) groups is 2. The van der Waals surface area contributed by atoms with Crippen molar-refractivity contribution in [1.82, 2.24) is 9.88 Å². The molecule has 2 heterocycles. The Morgan fingerprint density at radius 2 is 1.76 bits per heavy atom. The monoisotopic (exact) mass is 520 g/mol. The lowest BCUT2D eigenvalue weighted by Gasteiger charge is -2.32. The van der Waals surface area contributed by atoms with E-state index in [0.29, 0.717) is 38.0 Å². The van der Waals surface area contributed by atoms with E-state index in [2.05, 4.69) is 10.3 Å². The largest absolute Gasteiger partial charge is 0.481 e. The Morgan fingerprint density at radius 3 is 2.37 bits per heavy atom. The molecule has 10 heteroatoms. The Hall–Kier alpha value is -4.34. The Kier molecular flexibility index (Phi) is 8.30. The van der Waals surface area contributed by atoms with Gasteiger partial charge in [-0.1, -0.05) is 31.2 Å². The van der Waals surface area contributed by atoms with Crippen LogP contribution in [0.15, 0.2) is 60.7 Å². The third-order valence-corrected chi connectivity index (χ3v) is 6.79. The number of carbonyl (C=O) groups excluding carboxylic acids is 2. The molecule has 2 aromatic carbocycles. The van der Waals surface area contributed by atoms with E-state index in [1.807, 2.05) is 31.2 Å². The van der Waals surface area contributed by atoms with Crippen LogP contribution in [-0.4, -0.2) is 46.8 Å². The number of nitro groups is 1. The van der Waals surface area contributed by atoms with Gasteiger partial charge in [0.15, 0.2) is 0 Å². The molecule has 198 valence electrons. The number of hydrogen-bond acceptors (Lipinski definition) is 6. The highest BCUT2D eigenvalue weighted by Gasteiger charge is 2.30. The number of anilines is 1. The smallest absolute Gasteiger partial charge is 0.300 e. The first-order chi connectivity index (χ1) is 18.2. The number of nitrogens with one attached hydrogen (secondary N) is 1. The van der Waals surface area contributed by atoms with Crippen LogP contribution in [0.5, 0.6) is 5.88 Å². The molecule has 1 fully saturated rings. The minimum absolute atomic E-state index is 0.117. The maximum Gasteiger partial charge on any atom is 0.300 e. The molecule has 2 amide bonds. The standard InChI is InChI=1S/C28H29FN4O5/c1-18(17-19-3-7-22(29)8-4-19)27(34)30-23-9-5-20(6-10-23)21-13-15-32(16-14-21)28(35)26-24(33(36)37)11-12-25(31-26)38-2/h3-12,18,21H,13-17H2,1-2H3,(H,30,34). The molecular formula is C28H29FN4O5. The molecule has 9 nitrogen and oxygen atoms in total. The molecular weight excluding hydrogens is 491 g/mol. The van der Waals surface area contributed by atoms with E-state index in [1.54, 1.807) is 17.0 Å². The molecule has 1 atom stereocenters. The van der Waals surface area contributed by atoms with Crippen LogP contribution in [0.2, 0.25) is 0 Å². The van der Waals surface area contributed by atoms with Gasteiger partial charge in [-0.3, -0.25) is 19.7 Å². The van der Waals surface area contributed by atoms with Gasteiger partial charge in [0, 0.05) is 36.8 Å². The Balaban J connectivity index is 1.32. The number of aromatic nitrogens is 1. The summed E-state index contributed by atoms with van der Waals surface area (Å²) in [6.45, 7) is 2.72. The number of ether oxygens (including phenoxy) is 1. The third kappa shape index (κ3) is 6.31. The van der Waals surface area contributed by atoms with Gasteiger partial charge in [-0.25, -0.2) is 9.37 Å². The molecule has 1 unspecified atom stereocenters. The maximum atomic E-state index is 13.1. The van der Waals surface area contributed by atoms with Crippen LogP contribution in [0, 0.1) is 21.8 Å². The average Bonchev–Trinajstić information content (AvgIpc) is 2.94. The van der Waals surface area contributed by atoms with Crippen molar-refractivity contribution in [3.05, 3.63) is 93.4 Å². The first-order valence-corrected chi connectivity index (χ1v) is 12.4. The number of amides is 2. The number of pyridine rings is 1. The molecule has 1 aromatic heterocycles. The van der Waals surface area contributed by atoms with Crippen molar-refractivity contribution in [2.24, 2.45) is 5.92 Å². The van der Waals surface area contributed by atoms with E-state index in [0.717, 1.165) is 11.1 Å². The minimum atomic E-state index is -0.615. The van der Waals surface area contributed by atoms with E-state index in [-0.39, 0.29) is 40.8 Å². The fourth-order valence-corrected chi connectivity index (χ4v) is 4.59. The molecule has 38 heavy (non-hydrogen) atoms. The molecule has 0 bridgehead atoms. The van der Waals surface area contributed by atoms with Crippen LogP contribution >= 0.6 is 0 Å². The highest BCUT2D eigenvalue weighted by molar-refractivity contribution is 5.96. The summed E-state index contributed by atoms with van der Waals surface area (Å²) in [6.07, 6.45) is 1.91. The second-order valence-corrected chi connectivity index (χ2v) is 9.39. The number of hydrogen-bond donors (Lipinski definition) is 1. The molecule has 1 aliphatic heterocycles. The summed E-state index contributed by atoms with van der Waals surface area (Å²) in [6, 6.07) is 16.4.